The number of carbonyl (C=O) groups is 2. The summed E-state index contributed by atoms with van der Waals surface area (Å²) in [7, 11) is 0. The van der Waals surface area contributed by atoms with E-state index in [4.69, 9.17) is 4.74 Å². The third-order valence-corrected chi connectivity index (χ3v) is 2.55. The van der Waals surface area contributed by atoms with Crippen molar-refractivity contribution in [3.63, 3.8) is 0 Å². The molecule has 0 saturated heterocycles. The van der Waals surface area contributed by atoms with Crippen LogP contribution in [0.15, 0.2) is 30.3 Å². The van der Waals surface area contributed by atoms with E-state index in [0.29, 0.717) is 0 Å². The zero-order chi connectivity index (χ0) is 15.1. The molecule has 0 aliphatic rings. The first-order chi connectivity index (χ1) is 9.38. The van der Waals surface area contributed by atoms with Gasteiger partial charge in [-0.2, -0.15) is 0 Å². The van der Waals surface area contributed by atoms with Crippen molar-refractivity contribution >= 4 is 18.0 Å². The number of hydrogen-bond acceptors (Lipinski definition) is 3. The molecule has 0 spiro atoms. The molecule has 1 aromatic rings. The Labute approximate surface area is 119 Å². The van der Waals surface area contributed by atoms with E-state index in [2.05, 4.69) is 5.32 Å². The summed E-state index contributed by atoms with van der Waals surface area (Å²) in [6.45, 7) is 7.23. The van der Waals surface area contributed by atoms with Gasteiger partial charge < -0.3 is 10.1 Å². The van der Waals surface area contributed by atoms with Crippen molar-refractivity contribution in [3.8, 4) is 0 Å². The van der Waals surface area contributed by atoms with Crippen LogP contribution in [0.3, 0.4) is 0 Å². The predicted octanol–water partition coefficient (Wildman–Crippen LogP) is 2.46. The molecule has 0 radical (unpaired) electrons. The van der Waals surface area contributed by atoms with Crippen molar-refractivity contribution < 1.29 is 14.3 Å². The van der Waals surface area contributed by atoms with Gasteiger partial charge in [-0.1, -0.05) is 29.8 Å². The largest absolute Gasteiger partial charge is 0.449 e. The second-order valence-corrected chi connectivity index (χ2v) is 4.99. The smallest absolute Gasteiger partial charge is 0.331 e. The highest BCUT2D eigenvalue weighted by Gasteiger charge is 2.16. The van der Waals surface area contributed by atoms with Crippen LogP contribution in [0.5, 0.6) is 0 Å². The van der Waals surface area contributed by atoms with Gasteiger partial charge in [-0.3, -0.25) is 4.79 Å². The molecule has 108 valence electrons. The van der Waals surface area contributed by atoms with Crippen molar-refractivity contribution in [2.24, 2.45) is 0 Å². The van der Waals surface area contributed by atoms with Crippen molar-refractivity contribution in [2.75, 3.05) is 0 Å². The lowest BCUT2D eigenvalue weighted by Gasteiger charge is -2.14. The molecule has 0 fully saturated rings. The van der Waals surface area contributed by atoms with Crippen LogP contribution in [-0.2, 0) is 14.3 Å². The maximum absolute atomic E-state index is 11.6. The summed E-state index contributed by atoms with van der Waals surface area (Å²) in [6.07, 6.45) is 2.20. The van der Waals surface area contributed by atoms with Crippen LogP contribution in [-0.4, -0.2) is 24.0 Å². The number of nitrogens with one attached hydrogen (secondary N) is 1. The van der Waals surface area contributed by atoms with Gasteiger partial charge in [0, 0.05) is 12.1 Å². The van der Waals surface area contributed by atoms with Crippen molar-refractivity contribution in [3.05, 3.63) is 41.5 Å². The number of esters is 1. The van der Waals surface area contributed by atoms with E-state index >= 15 is 0 Å². The molecule has 1 aromatic carbocycles. The maximum Gasteiger partial charge on any atom is 0.331 e. The van der Waals surface area contributed by atoms with Crippen LogP contribution in [0.1, 0.15) is 31.9 Å². The summed E-state index contributed by atoms with van der Waals surface area (Å²) < 4.78 is 5.03. The second-order valence-electron chi connectivity index (χ2n) is 4.99. The number of ether oxygens (including phenoxy) is 1. The fourth-order valence-electron chi connectivity index (χ4n) is 1.61. The monoisotopic (exact) mass is 275 g/mol. The molecule has 0 aliphatic carbocycles. The third-order valence-electron chi connectivity index (χ3n) is 2.55. The van der Waals surface area contributed by atoms with Gasteiger partial charge in [0.1, 0.15) is 0 Å². The molecule has 0 saturated carbocycles. The fourth-order valence-corrected chi connectivity index (χ4v) is 1.61. The van der Waals surface area contributed by atoms with E-state index in [1.54, 1.807) is 13.0 Å². The minimum Gasteiger partial charge on any atom is -0.449 e. The average Bonchev–Trinajstić information content (AvgIpc) is 2.35. The van der Waals surface area contributed by atoms with Crippen LogP contribution < -0.4 is 5.32 Å². The first-order valence-corrected chi connectivity index (χ1v) is 6.64. The van der Waals surface area contributed by atoms with Gasteiger partial charge in [-0.05, 0) is 39.3 Å². The van der Waals surface area contributed by atoms with Gasteiger partial charge in [0.05, 0.1) is 0 Å². The Balaban J connectivity index is 2.53. The van der Waals surface area contributed by atoms with E-state index < -0.39 is 12.1 Å². The summed E-state index contributed by atoms with van der Waals surface area (Å²) in [5.74, 6) is -0.824. The minimum absolute atomic E-state index is 0.0199. The van der Waals surface area contributed by atoms with E-state index in [0.717, 1.165) is 11.1 Å². The molecule has 0 unspecified atom stereocenters. The maximum atomic E-state index is 11.6. The highest BCUT2D eigenvalue weighted by molar-refractivity contribution is 5.90. The number of benzene rings is 1. The summed E-state index contributed by atoms with van der Waals surface area (Å²) in [5.41, 5.74) is 2.03. The van der Waals surface area contributed by atoms with Gasteiger partial charge in [-0.25, -0.2) is 4.79 Å². The normalized spacial score (nSPS) is 12.4. The fraction of sp³-hybridized carbons (Fsp3) is 0.375. The third kappa shape index (κ3) is 5.69. The number of aryl methyl sites for hydroxylation is 1. The molecule has 0 heterocycles. The summed E-state index contributed by atoms with van der Waals surface area (Å²) in [5, 5.41) is 2.69. The number of carbonyl (C=O) groups excluding carboxylic acids is 2. The van der Waals surface area contributed by atoms with E-state index in [9.17, 15) is 9.59 Å². The Hall–Kier alpha value is -2.10. The molecule has 4 heteroatoms. The Morgan fingerprint density at radius 2 is 1.95 bits per heavy atom. The summed E-state index contributed by atoms with van der Waals surface area (Å²) >= 11 is 0. The molecule has 20 heavy (non-hydrogen) atoms. The molecule has 1 amide bonds. The van der Waals surface area contributed by atoms with Gasteiger partial charge >= 0.3 is 5.97 Å². The Kier molecular flexibility index (Phi) is 5.97. The quantitative estimate of drug-likeness (QED) is 0.663. The summed E-state index contributed by atoms with van der Waals surface area (Å²) in [6, 6.07) is 7.77. The van der Waals surface area contributed by atoms with E-state index in [1.165, 1.54) is 6.08 Å². The highest BCUT2D eigenvalue weighted by Crippen LogP contribution is 2.06. The van der Waals surface area contributed by atoms with Gasteiger partial charge in [0.25, 0.3) is 5.91 Å². The molecule has 1 rings (SSSR count). The number of amides is 1. The van der Waals surface area contributed by atoms with Gasteiger partial charge in [0.15, 0.2) is 6.10 Å². The zero-order valence-electron chi connectivity index (χ0n) is 12.3. The summed E-state index contributed by atoms with van der Waals surface area (Å²) in [4.78, 5) is 23.2. The van der Waals surface area contributed by atoms with Crippen LogP contribution >= 0.6 is 0 Å². The predicted molar refractivity (Wildman–Crippen MR) is 79.0 cm³/mol. The first kappa shape index (κ1) is 16.0. The zero-order valence-corrected chi connectivity index (χ0v) is 12.3. The molecule has 0 aromatic heterocycles. The van der Waals surface area contributed by atoms with Crippen LogP contribution in [0.25, 0.3) is 6.08 Å². The Bertz CT molecular complexity index is 506. The molecule has 4 nitrogen and oxygen atoms in total. The number of rotatable bonds is 5. The second kappa shape index (κ2) is 7.48. The Morgan fingerprint density at radius 1 is 1.25 bits per heavy atom. The first-order valence-electron chi connectivity index (χ1n) is 6.64. The van der Waals surface area contributed by atoms with Gasteiger partial charge in [0.2, 0.25) is 0 Å². The standard InChI is InChI=1S/C16H21NO3/c1-11(2)17-16(19)13(4)20-15(18)9-8-14-7-5-6-12(3)10-14/h5-11,13H,1-4H3,(H,17,19)/b9-8+/t13-/m1/s1. The molecule has 0 aliphatic heterocycles. The highest BCUT2D eigenvalue weighted by atomic mass is 16.5. The molecular formula is C16H21NO3. The van der Waals surface area contributed by atoms with Crippen LogP contribution in [0, 0.1) is 6.92 Å². The van der Waals surface area contributed by atoms with Crippen molar-refractivity contribution in [1.82, 2.24) is 5.32 Å². The Morgan fingerprint density at radius 3 is 2.55 bits per heavy atom. The molecule has 1 atom stereocenters. The average molecular weight is 275 g/mol. The SMILES string of the molecule is Cc1cccc(/C=C/C(=O)O[C@H](C)C(=O)NC(C)C)c1. The lowest BCUT2D eigenvalue weighted by Crippen LogP contribution is -2.39. The van der Waals surface area contributed by atoms with E-state index in [-0.39, 0.29) is 11.9 Å². The topological polar surface area (TPSA) is 55.4 Å². The van der Waals surface area contributed by atoms with Crippen molar-refractivity contribution in [1.29, 1.82) is 0 Å². The van der Waals surface area contributed by atoms with Crippen LogP contribution in [0.2, 0.25) is 0 Å². The lowest BCUT2D eigenvalue weighted by molar-refractivity contribution is -0.150. The molecule has 1 N–H and O–H groups in total. The minimum atomic E-state index is -0.799. The van der Waals surface area contributed by atoms with E-state index in [1.807, 2.05) is 45.0 Å². The molecular weight excluding hydrogens is 254 g/mol. The lowest BCUT2D eigenvalue weighted by atomic mass is 10.1. The molecule has 0 bridgehead atoms. The van der Waals surface area contributed by atoms with Crippen molar-refractivity contribution in [2.45, 2.75) is 39.8 Å². The van der Waals surface area contributed by atoms with Gasteiger partial charge in [-0.15, -0.1) is 0 Å². The van der Waals surface area contributed by atoms with Crippen LogP contribution in [0.4, 0.5) is 0 Å². The number of hydrogen-bond donors (Lipinski definition) is 1.